The van der Waals surface area contributed by atoms with E-state index in [1.54, 1.807) is 33.8 Å². The van der Waals surface area contributed by atoms with Crippen LogP contribution in [-0.2, 0) is 13.6 Å². The summed E-state index contributed by atoms with van der Waals surface area (Å²) in [6.45, 7) is 5.02. The van der Waals surface area contributed by atoms with Crippen LogP contribution in [0.15, 0.2) is 49.1 Å². The fraction of sp³-hybridized carbons (Fsp3) is 0.350. The van der Waals surface area contributed by atoms with Gasteiger partial charge in [-0.3, -0.25) is 4.68 Å². The van der Waals surface area contributed by atoms with Crippen LogP contribution in [0.4, 0.5) is 4.79 Å². The van der Waals surface area contributed by atoms with Gasteiger partial charge in [-0.1, -0.05) is 12.1 Å². The minimum atomic E-state index is -0.182. The van der Waals surface area contributed by atoms with Crippen molar-refractivity contribution in [2.75, 3.05) is 13.7 Å². The van der Waals surface area contributed by atoms with Crippen LogP contribution in [0.5, 0.6) is 5.75 Å². The van der Waals surface area contributed by atoms with Gasteiger partial charge >= 0.3 is 6.03 Å². The Hall–Kier alpha value is -3.29. The molecular formula is C20H26N6O2. The van der Waals surface area contributed by atoms with Crippen LogP contribution in [0.25, 0.3) is 5.69 Å². The molecule has 28 heavy (non-hydrogen) atoms. The molecule has 0 saturated heterocycles. The summed E-state index contributed by atoms with van der Waals surface area (Å²) in [5, 5.41) is 11.6. The van der Waals surface area contributed by atoms with Gasteiger partial charge in [0, 0.05) is 37.1 Å². The number of ether oxygens (including phenoxy) is 1. The Morgan fingerprint density at radius 3 is 2.71 bits per heavy atom. The topological polar surface area (TPSA) is 77.2 Å². The molecule has 148 valence electrons. The second-order valence-electron chi connectivity index (χ2n) is 6.60. The van der Waals surface area contributed by atoms with Crippen molar-refractivity contribution in [3.63, 3.8) is 0 Å². The Balaban J connectivity index is 1.68. The van der Waals surface area contributed by atoms with Gasteiger partial charge in [0.05, 0.1) is 32.1 Å². The van der Waals surface area contributed by atoms with Crippen molar-refractivity contribution in [2.24, 2.45) is 7.05 Å². The van der Waals surface area contributed by atoms with Crippen molar-refractivity contribution in [2.45, 2.75) is 26.4 Å². The van der Waals surface area contributed by atoms with E-state index in [-0.39, 0.29) is 12.1 Å². The first-order valence-corrected chi connectivity index (χ1v) is 9.22. The zero-order valence-electron chi connectivity index (χ0n) is 16.7. The number of nitrogens with zero attached hydrogens (tertiary/aromatic N) is 5. The fourth-order valence-corrected chi connectivity index (χ4v) is 2.97. The van der Waals surface area contributed by atoms with Crippen molar-refractivity contribution in [3.8, 4) is 11.4 Å². The molecule has 1 aromatic carbocycles. The SMILES string of the molecule is CCN(Cc1cnn(C)c1)C(=O)N[C@@H](C)c1cnn(-c2ccccc2OC)c1. The molecule has 2 amide bonds. The van der Waals surface area contributed by atoms with Crippen molar-refractivity contribution in [1.29, 1.82) is 0 Å². The highest BCUT2D eigenvalue weighted by Gasteiger charge is 2.18. The van der Waals surface area contributed by atoms with E-state index in [1.165, 1.54) is 0 Å². The number of aryl methyl sites for hydroxylation is 1. The van der Waals surface area contributed by atoms with Crippen LogP contribution in [0, 0.1) is 0 Å². The van der Waals surface area contributed by atoms with Crippen LogP contribution in [0.3, 0.4) is 0 Å². The summed E-state index contributed by atoms with van der Waals surface area (Å²) < 4.78 is 8.88. The molecular weight excluding hydrogens is 356 g/mol. The summed E-state index contributed by atoms with van der Waals surface area (Å²) in [5.74, 6) is 0.738. The van der Waals surface area contributed by atoms with Crippen LogP contribution in [0.2, 0.25) is 0 Å². The smallest absolute Gasteiger partial charge is 0.318 e. The van der Waals surface area contributed by atoms with E-state index in [1.807, 2.05) is 57.6 Å². The Bertz CT molecular complexity index is 932. The van der Waals surface area contributed by atoms with Crippen molar-refractivity contribution < 1.29 is 9.53 Å². The molecule has 3 rings (SSSR count). The number of benzene rings is 1. The third kappa shape index (κ3) is 4.33. The van der Waals surface area contributed by atoms with Gasteiger partial charge in [-0.15, -0.1) is 0 Å². The number of aromatic nitrogens is 4. The van der Waals surface area contributed by atoms with Crippen molar-refractivity contribution >= 4 is 6.03 Å². The average molecular weight is 382 g/mol. The van der Waals surface area contributed by atoms with Crippen molar-refractivity contribution in [1.82, 2.24) is 29.8 Å². The molecule has 8 nitrogen and oxygen atoms in total. The maximum Gasteiger partial charge on any atom is 0.318 e. The standard InChI is InChI=1S/C20H26N6O2/c1-5-25(13-16-10-21-24(3)12-16)20(27)23-15(2)17-11-22-26(14-17)18-8-6-7-9-19(18)28-4/h6-12,14-15H,5,13H2,1-4H3,(H,23,27)/t15-/m0/s1. The Morgan fingerprint density at radius 1 is 1.25 bits per heavy atom. The monoisotopic (exact) mass is 382 g/mol. The fourth-order valence-electron chi connectivity index (χ4n) is 2.97. The van der Waals surface area contributed by atoms with Gasteiger partial charge < -0.3 is 15.0 Å². The molecule has 0 spiro atoms. The molecule has 2 aromatic heterocycles. The lowest BCUT2D eigenvalue weighted by atomic mass is 10.2. The van der Waals surface area contributed by atoms with E-state index in [2.05, 4.69) is 15.5 Å². The number of para-hydroxylation sites is 2. The van der Waals surface area contributed by atoms with E-state index < -0.39 is 0 Å². The summed E-state index contributed by atoms with van der Waals surface area (Å²) in [7, 11) is 3.50. The highest BCUT2D eigenvalue weighted by atomic mass is 16.5. The molecule has 1 N–H and O–H groups in total. The lowest BCUT2D eigenvalue weighted by molar-refractivity contribution is 0.195. The lowest BCUT2D eigenvalue weighted by Crippen LogP contribution is -2.40. The van der Waals surface area contributed by atoms with E-state index in [0.717, 1.165) is 22.6 Å². The quantitative estimate of drug-likeness (QED) is 0.682. The minimum Gasteiger partial charge on any atom is -0.494 e. The molecule has 0 unspecified atom stereocenters. The molecule has 0 aliphatic carbocycles. The van der Waals surface area contributed by atoms with E-state index >= 15 is 0 Å². The van der Waals surface area contributed by atoms with Gasteiger partial charge in [0.1, 0.15) is 11.4 Å². The van der Waals surface area contributed by atoms with Gasteiger partial charge in [0.25, 0.3) is 0 Å². The molecule has 2 heterocycles. The largest absolute Gasteiger partial charge is 0.494 e. The molecule has 3 aromatic rings. The first kappa shape index (κ1) is 19.5. The van der Waals surface area contributed by atoms with Gasteiger partial charge in [-0.05, 0) is 26.0 Å². The highest BCUT2D eigenvalue weighted by molar-refractivity contribution is 5.74. The van der Waals surface area contributed by atoms with Crippen LogP contribution in [-0.4, -0.2) is 44.1 Å². The molecule has 0 aliphatic rings. The number of nitrogens with one attached hydrogen (secondary N) is 1. The zero-order valence-corrected chi connectivity index (χ0v) is 16.7. The Morgan fingerprint density at radius 2 is 2.04 bits per heavy atom. The molecule has 0 bridgehead atoms. The number of rotatable bonds is 7. The Labute approximate surface area is 164 Å². The van der Waals surface area contributed by atoms with Gasteiger partial charge in [-0.2, -0.15) is 10.2 Å². The number of carbonyl (C=O) groups is 1. The first-order chi connectivity index (χ1) is 13.5. The summed E-state index contributed by atoms with van der Waals surface area (Å²) in [4.78, 5) is 14.4. The normalized spacial score (nSPS) is 11.9. The first-order valence-electron chi connectivity index (χ1n) is 9.22. The number of carbonyl (C=O) groups excluding carboxylic acids is 1. The molecule has 0 fully saturated rings. The average Bonchev–Trinajstić information content (AvgIpc) is 3.35. The second-order valence-corrected chi connectivity index (χ2v) is 6.60. The maximum atomic E-state index is 12.7. The van der Waals surface area contributed by atoms with Crippen molar-refractivity contribution in [3.05, 3.63) is 60.2 Å². The molecule has 0 radical (unpaired) electrons. The molecule has 0 saturated carbocycles. The minimum absolute atomic E-state index is 0.121. The number of hydrogen-bond acceptors (Lipinski definition) is 4. The van der Waals surface area contributed by atoms with Gasteiger partial charge in [-0.25, -0.2) is 9.48 Å². The van der Waals surface area contributed by atoms with E-state index in [0.29, 0.717) is 13.1 Å². The lowest BCUT2D eigenvalue weighted by Gasteiger charge is -2.23. The summed E-state index contributed by atoms with van der Waals surface area (Å²) in [6, 6.07) is 7.37. The maximum absolute atomic E-state index is 12.7. The highest BCUT2D eigenvalue weighted by Crippen LogP contribution is 2.23. The van der Waals surface area contributed by atoms with Crippen LogP contribution in [0.1, 0.15) is 31.0 Å². The van der Waals surface area contributed by atoms with Crippen LogP contribution < -0.4 is 10.1 Å². The number of amides is 2. The Kier molecular flexibility index (Phi) is 5.98. The summed E-state index contributed by atoms with van der Waals surface area (Å²) >= 11 is 0. The van der Waals surface area contributed by atoms with E-state index in [4.69, 9.17) is 4.74 Å². The van der Waals surface area contributed by atoms with Gasteiger partial charge in [0.2, 0.25) is 0 Å². The number of hydrogen-bond donors (Lipinski definition) is 1. The molecule has 1 atom stereocenters. The summed E-state index contributed by atoms with van der Waals surface area (Å²) in [5.41, 5.74) is 2.76. The van der Waals surface area contributed by atoms with Gasteiger partial charge in [0.15, 0.2) is 0 Å². The number of urea groups is 1. The molecule has 8 heteroatoms. The molecule has 0 aliphatic heterocycles. The van der Waals surface area contributed by atoms with E-state index in [9.17, 15) is 4.79 Å². The number of methoxy groups -OCH3 is 1. The zero-order chi connectivity index (χ0) is 20.1. The third-order valence-electron chi connectivity index (χ3n) is 4.58. The van der Waals surface area contributed by atoms with Crippen LogP contribution >= 0.6 is 0 Å². The third-order valence-corrected chi connectivity index (χ3v) is 4.58. The second kappa shape index (κ2) is 8.60. The predicted octanol–water partition coefficient (Wildman–Crippen LogP) is 2.91. The predicted molar refractivity (Wildman–Crippen MR) is 106 cm³/mol. The summed E-state index contributed by atoms with van der Waals surface area (Å²) in [6.07, 6.45) is 7.35.